The molecule has 8 heteroatoms. The van der Waals surface area contributed by atoms with Gasteiger partial charge in [-0.3, -0.25) is 4.79 Å². The van der Waals surface area contributed by atoms with E-state index in [1.807, 2.05) is 0 Å². The van der Waals surface area contributed by atoms with Gasteiger partial charge in [-0.2, -0.15) is 13.2 Å². The third-order valence-electron chi connectivity index (χ3n) is 2.44. The van der Waals surface area contributed by atoms with Crippen LogP contribution in [-0.2, 0) is 9.59 Å². The van der Waals surface area contributed by atoms with Crippen molar-refractivity contribution in [2.24, 2.45) is 5.92 Å². The van der Waals surface area contributed by atoms with Crippen LogP contribution in [0.5, 0.6) is 0 Å². The van der Waals surface area contributed by atoms with Crippen LogP contribution in [0.1, 0.15) is 12.8 Å². The Morgan fingerprint density at radius 2 is 2.05 bits per heavy atom. The van der Waals surface area contributed by atoms with Crippen LogP contribution in [0.3, 0.4) is 0 Å². The van der Waals surface area contributed by atoms with E-state index in [-0.39, 0.29) is 5.91 Å². The standard InChI is InChI=1S/C9H16N2O.C2HF3O2/c1-2-9(12)11-6-4-8-3-5-10-7-8;3-2(4,5)1(6)7/h2,8,10H,1,3-7H2,(H,11,12);(H,6,7). The van der Waals surface area contributed by atoms with Gasteiger partial charge in [0, 0.05) is 6.54 Å². The Bertz CT molecular complexity index is 313. The van der Waals surface area contributed by atoms with Crippen molar-refractivity contribution >= 4 is 11.9 Å². The zero-order valence-electron chi connectivity index (χ0n) is 10.3. The number of halogens is 3. The summed E-state index contributed by atoms with van der Waals surface area (Å²) in [7, 11) is 0. The van der Waals surface area contributed by atoms with Crippen LogP contribution in [0.4, 0.5) is 13.2 Å². The summed E-state index contributed by atoms with van der Waals surface area (Å²) >= 11 is 0. The Hall–Kier alpha value is -1.57. The van der Waals surface area contributed by atoms with Gasteiger partial charge >= 0.3 is 12.1 Å². The van der Waals surface area contributed by atoms with Crippen molar-refractivity contribution in [1.82, 2.24) is 10.6 Å². The van der Waals surface area contributed by atoms with Gasteiger partial charge < -0.3 is 15.7 Å². The number of amides is 1. The maximum absolute atomic E-state index is 10.7. The van der Waals surface area contributed by atoms with Gasteiger partial charge in [0.1, 0.15) is 0 Å². The number of hydrogen-bond donors (Lipinski definition) is 3. The van der Waals surface area contributed by atoms with E-state index in [1.165, 1.54) is 12.5 Å². The molecule has 1 aliphatic rings. The molecule has 0 radical (unpaired) electrons. The first-order valence-electron chi connectivity index (χ1n) is 5.68. The Kier molecular flexibility index (Phi) is 7.81. The van der Waals surface area contributed by atoms with Crippen molar-refractivity contribution in [1.29, 1.82) is 0 Å². The van der Waals surface area contributed by atoms with Crippen LogP contribution < -0.4 is 10.6 Å². The third-order valence-corrected chi connectivity index (χ3v) is 2.44. The second-order valence-electron chi connectivity index (χ2n) is 3.95. The van der Waals surface area contributed by atoms with Gasteiger partial charge in [0.25, 0.3) is 0 Å². The number of carboxylic acid groups (broad SMARTS) is 1. The third kappa shape index (κ3) is 9.06. The molecule has 110 valence electrons. The van der Waals surface area contributed by atoms with E-state index in [0.29, 0.717) is 0 Å². The average molecular weight is 282 g/mol. The smallest absolute Gasteiger partial charge is 0.475 e. The van der Waals surface area contributed by atoms with E-state index in [9.17, 15) is 18.0 Å². The van der Waals surface area contributed by atoms with E-state index in [2.05, 4.69) is 17.2 Å². The van der Waals surface area contributed by atoms with Crippen LogP contribution >= 0.6 is 0 Å². The molecule has 0 aromatic carbocycles. The molecule has 3 N–H and O–H groups in total. The lowest BCUT2D eigenvalue weighted by atomic mass is 10.1. The molecule has 19 heavy (non-hydrogen) atoms. The second kappa shape index (κ2) is 8.52. The summed E-state index contributed by atoms with van der Waals surface area (Å²) in [6.07, 6.45) is -1.45. The molecule has 0 aromatic rings. The number of carbonyl (C=O) groups excluding carboxylic acids is 1. The van der Waals surface area contributed by atoms with Crippen LogP contribution in [0, 0.1) is 5.92 Å². The predicted octanol–water partition coefficient (Wildman–Crippen LogP) is 0.921. The molecule has 1 rings (SSSR count). The van der Waals surface area contributed by atoms with Crippen molar-refractivity contribution < 1.29 is 27.9 Å². The lowest BCUT2D eigenvalue weighted by Gasteiger charge is -2.07. The molecule has 0 aliphatic carbocycles. The van der Waals surface area contributed by atoms with Crippen molar-refractivity contribution in [2.75, 3.05) is 19.6 Å². The Balaban J connectivity index is 0.000000399. The highest BCUT2D eigenvalue weighted by Crippen LogP contribution is 2.13. The number of rotatable bonds is 4. The fraction of sp³-hybridized carbons (Fsp3) is 0.636. The van der Waals surface area contributed by atoms with E-state index < -0.39 is 12.1 Å². The van der Waals surface area contributed by atoms with Crippen molar-refractivity contribution in [3.63, 3.8) is 0 Å². The summed E-state index contributed by atoms with van der Waals surface area (Å²) in [5.41, 5.74) is 0. The van der Waals surface area contributed by atoms with Crippen LogP contribution in [-0.4, -0.2) is 42.8 Å². The van der Waals surface area contributed by atoms with Gasteiger partial charge in [0.2, 0.25) is 5.91 Å². The number of aliphatic carboxylic acids is 1. The first kappa shape index (κ1) is 17.4. The molecule has 5 nitrogen and oxygen atoms in total. The largest absolute Gasteiger partial charge is 0.490 e. The minimum Gasteiger partial charge on any atom is -0.475 e. The summed E-state index contributed by atoms with van der Waals surface area (Å²) in [5, 5.41) is 13.2. The zero-order chi connectivity index (χ0) is 14.9. The van der Waals surface area contributed by atoms with Crippen molar-refractivity contribution in [2.45, 2.75) is 19.0 Å². The summed E-state index contributed by atoms with van der Waals surface area (Å²) in [6, 6.07) is 0. The highest BCUT2D eigenvalue weighted by Gasteiger charge is 2.38. The molecule has 1 atom stereocenters. The number of nitrogens with one attached hydrogen (secondary N) is 2. The topological polar surface area (TPSA) is 78.4 Å². The maximum Gasteiger partial charge on any atom is 0.490 e. The first-order valence-corrected chi connectivity index (χ1v) is 5.68. The lowest BCUT2D eigenvalue weighted by molar-refractivity contribution is -0.192. The van der Waals surface area contributed by atoms with Gasteiger partial charge in [-0.1, -0.05) is 6.58 Å². The van der Waals surface area contributed by atoms with Gasteiger partial charge in [-0.15, -0.1) is 0 Å². The number of hydrogen-bond acceptors (Lipinski definition) is 3. The normalized spacial score (nSPS) is 18.2. The summed E-state index contributed by atoms with van der Waals surface area (Å²) in [6.45, 7) is 6.39. The van der Waals surface area contributed by atoms with E-state index in [0.717, 1.165) is 32.0 Å². The number of alkyl halides is 3. The SMILES string of the molecule is C=CC(=O)NCCC1CCNC1.O=C(O)C(F)(F)F. The summed E-state index contributed by atoms with van der Waals surface area (Å²) in [5.74, 6) is -2.08. The van der Waals surface area contributed by atoms with E-state index in [1.54, 1.807) is 0 Å². The molecule has 0 spiro atoms. The molecule has 1 amide bonds. The van der Waals surface area contributed by atoms with Gasteiger partial charge in [-0.25, -0.2) is 4.79 Å². The summed E-state index contributed by atoms with van der Waals surface area (Å²) in [4.78, 5) is 19.6. The fourth-order valence-corrected chi connectivity index (χ4v) is 1.43. The predicted molar refractivity (Wildman–Crippen MR) is 62.5 cm³/mol. The molecule has 0 bridgehead atoms. The minimum atomic E-state index is -5.08. The van der Waals surface area contributed by atoms with Gasteiger partial charge in [0.15, 0.2) is 0 Å². The van der Waals surface area contributed by atoms with Crippen LogP contribution in [0.15, 0.2) is 12.7 Å². The van der Waals surface area contributed by atoms with Crippen molar-refractivity contribution in [3.05, 3.63) is 12.7 Å². The van der Waals surface area contributed by atoms with Crippen LogP contribution in [0.2, 0.25) is 0 Å². The Morgan fingerprint density at radius 3 is 2.42 bits per heavy atom. The average Bonchev–Trinajstić information content (AvgIpc) is 2.81. The Labute approximate surface area is 108 Å². The first-order chi connectivity index (χ1) is 8.77. The highest BCUT2D eigenvalue weighted by atomic mass is 19.4. The molecule has 1 aliphatic heterocycles. The molecular weight excluding hydrogens is 265 g/mol. The van der Waals surface area contributed by atoms with Gasteiger partial charge in [-0.05, 0) is 37.9 Å². The zero-order valence-corrected chi connectivity index (χ0v) is 10.3. The molecule has 0 saturated carbocycles. The Morgan fingerprint density at radius 1 is 1.47 bits per heavy atom. The molecular formula is C11H17F3N2O3. The lowest BCUT2D eigenvalue weighted by Crippen LogP contribution is -2.24. The number of carboxylic acids is 1. The second-order valence-corrected chi connectivity index (χ2v) is 3.95. The number of carbonyl (C=O) groups is 2. The summed E-state index contributed by atoms with van der Waals surface area (Å²) < 4.78 is 31.7. The van der Waals surface area contributed by atoms with E-state index in [4.69, 9.17) is 9.90 Å². The molecule has 1 heterocycles. The minimum absolute atomic E-state index is 0.0686. The van der Waals surface area contributed by atoms with Crippen LogP contribution in [0.25, 0.3) is 0 Å². The quantitative estimate of drug-likeness (QED) is 0.670. The molecule has 0 aromatic heterocycles. The highest BCUT2D eigenvalue weighted by molar-refractivity contribution is 5.86. The molecule has 1 saturated heterocycles. The van der Waals surface area contributed by atoms with E-state index >= 15 is 0 Å². The molecule has 1 unspecified atom stereocenters. The van der Waals surface area contributed by atoms with Crippen molar-refractivity contribution in [3.8, 4) is 0 Å². The van der Waals surface area contributed by atoms with Gasteiger partial charge in [0.05, 0.1) is 0 Å². The molecule has 1 fully saturated rings. The maximum atomic E-state index is 10.7. The fourth-order valence-electron chi connectivity index (χ4n) is 1.43. The monoisotopic (exact) mass is 282 g/mol.